The van der Waals surface area contributed by atoms with Crippen molar-refractivity contribution in [1.82, 2.24) is 0 Å². The van der Waals surface area contributed by atoms with E-state index in [1.165, 1.54) is 6.07 Å². The number of anilines is 1. The summed E-state index contributed by atoms with van der Waals surface area (Å²) < 4.78 is 13.4. The molecule has 1 unspecified atom stereocenters. The van der Waals surface area contributed by atoms with Gasteiger partial charge in [0.15, 0.2) is 0 Å². The maximum atomic E-state index is 13.4. The third-order valence-electron chi connectivity index (χ3n) is 2.06. The van der Waals surface area contributed by atoms with E-state index >= 15 is 0 Å². The summed E-state index contributed by atoms with van der Waals surface area (Å²) in [6.07, 6.45) is 6.06. The van der Waals surface area contributed by atoms with E-state index in [4.69, 9.17) is 6.42 Å². The molecule has 0 aliphatic rings. The van der Waals surface area contributed by atoms with E-state index in [1.54, 1.807) is 6.07 Å². The Bertz CT molecular complexity index is 352. The molecule has 0 heterocycles. The molecular weight excluding hydrogens is 177 g/mol. The Morgan fingerprint density at radius 3 is 2.79 bits per heavy atom. The quantitative estimate of drug-likeness (QED) is 0.724. The van der Waals surface area contributed by atoms with Crippen molar-refractivity contribution in [3.8, 4) is 12.3 Å². The zero-order chi connectivity index (χ0) is 10.6. The van der Waals surface area contributed by atoms with Crippen LogP contribution in [0.4, 0.5) is 10.1 Å². The summed E-state index contributed by atoms with van der Waals surface area (Å²) in [4.78, 5) is 0. The van der Waals surface area contributed by atoms with Gasteiger partial charge in [0.1, 0.15) is 5.82 Å². The number of benzene rings is 1. The van der Waals surface area contributed by atoms with Crippen LogP contribution in [0.1, 0.15) is 18.9 Å². The minimum atomic E-state index is -0.251. The van der Waals surface area contributed by atoms with Crippen LogP contribution in [-0.2, 0) is 0 Å². The van der Waals surface area contributed by atoms with E-state index in [1.807, 2.05) is 19.9 Å². The number of hydrogen-bond acceptors (Lipinski definition) is 1. The van der Waals surface area contributed by atoms with Crippen LogP contribution in [0.5, 0.6) is 0 Å². The van der Waals surface area contributed by atoms with Gasteiger partial charge >= 0.3 is 0 Å². The Labute approximate surface area is 84.3 Å². The van der Waals surface area contributed by atoms with E-state index < -0.39 is 0 Å². The summed E-state index contributed by atoms with van der Waals surface area (Å²) in [5, 5.41) is 2.96. The third kappa shape index (κ3) is 2.50. The Hall–Kier alpha value is -1.49. The minimum absolute atomic E-state index is 0.104. The van der Waals surface area contributed by atoms with Gasteiger partial charge in [-0.05, 0) is 31.0 Å². The van der Waals surface area contributed by atoms with Gasteiger partial charge in [-0.25, -0.2) is 4.39 Å². The fourth-order valence-corrected chi connectivity index (χ4v) is 1.19. The van der Waals surface area contributed by atoms with E-state index in [2.05, 4.69) is 11.2 Å². The highest BCUT2D eigenvalue weighted by molar-refractivity contribution is 5.48. The van der Waals surface area contributed by atoms with Crippen LogP contribution in [0, 0.1) is 25.1 Å². The van der Waals surface area contributed by atoms with Crippen LogP contribution in [0.15, 0.2) is 18.2 Å². The van der Waals surface area contributed by atoms with Gasteiger partial charge in [-0.1, -0.05) is 18.9 Å². The van der Waals surface area contributed by atoms with Crippen LogP contribution in [0.2, 0.25) is 0 Å². The van der Waals surface area contributed by atoms with Crippen LogP contribution in [0.25, 0.3) is 0 Å². The van der Waals surface area contributed by atoms with Gasteiger partial charge in [0.25, 0.3) is 0 Å². The molecule has 1 aromatic carbocycles. The van der Waals surface area contributed by atoms with Crippen molar-refractivity contribution in [1.29, 1.82) is 0 Å². The van der Waals surface area contributed by atoms with Gasteiger partial charge < -0.3 is 5.32 Å². The van der Waals surface area contributed by atoms with Crippen LogP contribution >= 0.6 is 0 Å². The Morgan fingerprint density at radius 2 is 2.29 bits per heavy atom. The Morgan fingerprint density at radius 1 is 1.57 bits per heavy atom. The lowest BCUT2D eigenvalue weighted by Gasteiger charge is -2.12. The molecule has 1 N–H and O–H groups in total. The van der Waals surface area contributed by atoms with Crippen molar-refractivity contribution < 1.29 is 4.39 Å². The second kappa shape index (κ2) is 4.66. The molecule has 1 rings (SSSR count). The van der Waals surface area contributed by atoms with Crippen molar-refractivity contribution in [3.63, 3.8) is 0 Å². The van der Waals surface area contributed by atoms with Crippen molar-refractivity contribution in [2.24, 2.45) is 0 Å². The number of hydrogen-bond donors (Lipinski definition) is 1. The van der Waals surface area contributed by atoms with Gasteiger partial charge in [0.2, 0.25) is 0 Å². The minimum Gasteiger partial charge on any atom is -0.369 e. The van der Waals surface area contributed by atoms with Crippen LogP contribution in [0.3, 0.4) is 0 Å². The highest BCUT2D eigenvalue weighted by Gasteiger charge is 2.05. The first kappa shape index (κ1) is 10.6. The highest BCUT2D eigenvalue weighted by atomic mass is 19.1. The molecule has 14 heavy (non-hydrogen) atoms. The van der Waals surface area contributed by atoms with Gasteiger partial charge in [-0.2, -0.15) is 0 Å². The molecule has 0 aliphatic carbocycles. The summed E-state index contributed by atoms with van der Waals surface area (Å²) in [6, 6.07) is 4.96. The normalized spacial score (nSPS) is 11.9. The lowest BCUT2D eigenvalue weighted by molar-refractivity contribution is 0.627. The maximum absolute atomic E-state index is 13.4. The summed E-state index contributed by atoms with van der Waals surface area (Å²) in [5.74, 6) is 2.31. The third-order valence-corrected chi connectivity index (χ3v) is 2.06. The molecule has 1 nitrogen and oxygen atoms in total. The predicted molar refractivity (Wildman–Crippen MR) is 57.7 cm³/mol. The second-order valence-corrected chi connectivity index (χ2v) is 3.26. The van der Waals surface area contributed by atoms with Crippen molar-refractivity contribution in [3.05, 3.63) is 29.6 Å². The maximum Gasteiger partial charge on any atom is 0.146 e. The predicted octanol–water partition coefficient (Wildman–Crippen LogP) is 2.96. The van der Waals surface area contributed by atoms with E-state index in [0.29, 0.717) is 5.69 Å². The summed E-state index contributed by atoms with van der Waals surface area (Å²) in [5.41, 5.74) is 1.38. The number of terminal acetylenes is 1. The van der Waals surface area contributed by atoms with E-state index in [-0.39, 0.29) is 11.9 Å². The molecule has 0 amide bonds. The zero-order valence-corrected chi connectivity index (χ0v) is 8.47. The van der Waals surface area contributed by atoms with Gasteiger partial charge in [0, 0.05) is 0 Å². The molecule has 0 fully saturated rings. The largest absolute Gasteiger partial charge is 0.369 e. The Kier molecular flexibility index (Phi) is 3.53. The summed E-state index contributed by atoms with van der Waals surface area (Å²) >= 11 is 0. The smallest absolute Gasteiger partial charge is 0.146 e. The molecule has 1 aromatic rings. The average molecular weight is 191 g/mol. The number of aryl methyl sites for hydroxylation is 1. The lowest BCUT2D eigenvalue weighted by atomic mass is 10.2. The number of halogens is 1. The monoisotopic (exact) mass is 191 g/mol. The average Bonchev–Trinajstić information content (AvgIpc) is 2.17. The van der Waals surface area contributed by atoms with Gasteiger partial charge in [-0.3, -0.25) is 0 Å². The first-order valence-corrected chi connectivity index (χ1v) is 4.66. The van der Waals surface area contributed by atoms with Crippen molar-refractivity contribution in [2.45, 2.75) is 26.3 Å². The molecule has 2 heteroatoms. The fraction of sp³-hybridized carbons (Fsp3) is 0.333. The van der Waals surface area contributed by atoms with Crippen LogP contribution in [-0.4, -0.2) is 6.04 Å². The molecule has 74 valence electrons. The Balaban J connectivity index is 2.82. The molecule has 0 spiro atoms. The first-order chi connectivity index (χ1) is 6.67. The molecule has 0 radical (unpaired) electrons. The SMILES string of the molecule is C#CC(CC)Nc1ccc(C)cc1F. The number of rotatable bonds is 3. The van der Waals surface area contributed by atoms with Crippen LogP contribution < -0.4 is 5.32 Å². The van der Waals surface area contributed by atoms with Crippen molar-refractivity contribution in [2.75, 3.05) is 5.32 Å². The zero-order valence-electron chi connectivity index (χ0n) is 8.47. The fourth-order valence-electron chi connectivity index (χ4n) is 1.19. The van der Waals surface area contributed by atoms with Gasteiger partial charge in [0.05, 0.1) is 11.7 Å². The molecule has 0 aromatic heterocycles. The highest BCUT2D eigenvalue weighted by Crippen LogP contribution is 2.16. The summed E-state index contributed by atoms with van der Waals surface area (Å²) in [6.45, 7) is 3.81. The molecule has 0 aliphatic heterocycles. The van der Waals surface area contributed by atoms with E-state index in [0.717, 1.165) is 12.0 Å². The molecule has 0 bridgehead atoms. The van der Waals surface area contributed by atoms with Gasteiger partial charge in [-0.15, -0.1) is 6.42 Å². The molecule has 1 atom stereocenters. The van der Waals surface area contributed by atoms with Crippen molar-refractivity contribution >= 4 is 5.69 Å². The second-order valence-electron chi connectivity index (χ2n) is 3.26. The lowest BCUT2D eigenvalue weighted by Crippen LogP contribution is -2.16. The molecule has 0 saturated heterocycles. The standard InChI is InChI=1S/C12H14FN/c1-4-10(5-2)14-12-7-6-9(3)8-11(12)13/h1,6-8,10,14H,5H2,2-3H3. The first-order valence-electron chi connectivity index (χ1n) is 4.66. The topological polar surface area (TPSA) is 12.0 Å². The van der Waals surface area contributed by atoms with E-state index in [9.17, 15) is 4.39 Å². The summed E-state index contributed by atoms with van der Waals surface area (Å²) in [7, 11) is 0. The molecule has 0 saturated carbocycles. The molecular formula is C12H14FN. The number of nitrogens with one attached hydrogen (secondary N) is 1.